The Morgan fingerprint density at radius 2 is 1.79 bits per heavy atom. The van der Waals surface area contributed by atoms with Gasteiger partial charge in [-0.15, -0.1) is 22.7 Å². The second-order valence-electron chi connectivity index (χ2n) is 6.61. The van der Waals surface area contributed by atoms with Crippen LogP contribution in [0.25, 0.3) is 10.6 Å². The van der Waals surface area contributed by atoms with Gasteiger partial charge in [0.15, 0.2) is 0 Å². The van der Waals surface area contributed by atoms with Gasteiger partial charge in [0.2, 0.25) is 5.91 Å². The molecule has 0 saturated carbocycles. The average Bonchev–Trinajstić information content (AvgIpc) is 3.40. The molecule has 5 heteroatoms. The normalized spacial score (nSPS) is 11.9. The molecule has 1 N–H and O–H groups in total. The number of nitrogens with zero attached hydrogens (tertiary/aromatic N) is 1. The number of thiazole rings is 1. The zero-order valence-corrected chi connectivity index (χ0v) is 17.1. The quantitative estimate of drug-likeness (QED) is 0.453. The molecule has 4 aromatic rings. The molecule has 4 rings (SSSR count). The van der Waals surface area contributed by atoms with Gasteiger partial charge in [-0.25, -0.2) is 4.98 Å². The average molecular weight is 405 g/mol. The third-order valence-electron chi connectivity index (χ3n) is 4.46. The number of carbonyl (C=O) groups excluding carboxylic acids is 1. The van der Waals surface area contributed by atoms with Gasteiger partial charge >= 0.3 is 0 Å². The molecule has 2 aromatic carbocycles. The minimum atomic E-state index is -0.135. The summed E-state index contributed by atoms with van der Waals surface area (Å²) in [5.41, 5.74) is 4.19. The van der Waals surface area contributed by atoms with Gasteiger partial charge in [0.05, 0.1) is 18.2 Å². The van der Waals surface area contributed by atoms with Crippen molar-refractivity contribution in [2.75, 3.05) is 0 Å². The van der Waals surface area contributed by atoms with Crippen LogP contribution in [0.15, 0.2) is 77.5 Å². The number of hydrogen-bond acceptors (Lipinski definition) is 4. The Hall–Kier alpha value is -2.76. The van der Waals surface area contributed by atoms with Gasteiger partial charge in [0.25, 0.3) is 0 Å². The largest absolute Gasteiger partial charge is 0.344 e. The molecule has 0 aliphatic rings. The number of amides is 1. The summed E-state index contributed by atoms with van der Waals surface area (Å²) in [5, 5.41) is 8.12. The third kappa shape index (κ3) is 4.38. The number of hydrogen-bond donors (Lipinski definition) is 1. The van der Waals surface area contributed by atoms with E-state index in [1.54, 1.807) is 22.7 Å². The predicted molar refractivity (Wildman–Crippen MR) is 117 cm³/mol. The number of nitrogens with one attached hydrogen (secondary N) is 1. The molecular weight excluding hydrogens is 384 g/mol. The van der Waals surface area contributed by atoms with E-state index in [1.165, 1.54) is 5.56 Å². The van der Waals surface area contributed by atoms with E-state index in [2.05, 4.69) is 47.6 Å². The van der Waals surface area contributed by atoms with Crippen LogP contribution in [0, 0.1) is 6.92 Å². The van der Waals surface area contributed by atoms with E-state index in [0.29, 0.717) is 0 Å². The minimum absolute atomic E-state index is 0.0250. The summed E-state index contributed by atoms with van der Waals surface area (Å²) in [6.07, 6.45) is 0.275. The molecule has 0 aliphatic carbocycles. The van der Waals surface area contributed by atoms with Crippen molar-refractivity contribution in [3.05, 3.63) is 99.2 Å². The Labute approximate surface area is 172 Å². The summed E-state index contributed by atoms with van der Waals surface area (Å²) < 4.78 is 0. The van der Waals surface area contributed by atoms with Crippen LogP contribution in [-0.4, -0.2) is 10.9 Å². The Balaban J connectivity index is 1.48. The molecule has 1 atom stereocenters. The van der Waals surface area contributed by atoms with Gasteiger partial charge < -0.3 is 5.32 Å². The minimum Gasteiger partial charge on any atom is -0.344 e. The number of aromatic nitrogens is 1. The molecule has 0 bridgehead atoms. The summed E-state index contributed by atoms with van der Waals surface area (Å²) in [6.45, 7) is 2.07. The molecule has 2 heterocycles. The van der Waals surface area contributed by atoms with Crippen molar-refractivity contribution >= 4 is 28.6 Å². The van der Waals surface area contributed by atoms with Crippen molar-refractivity contribution < 1.29 is 4.79 Å². The topological polar surface area (TPSA) is 42.0 Å². The van der Waals surface area contributed by atoms with Crippen LogP contribution in [0.3, 0.4) is 0 Å². The SMILES string of the molecule is Cc1ccc(-c2nc(CC(=O)NC(c3ccccc3)c3cccs3)cs2)cc1. The first-order valence-corrected chi connectivity index (χ1v) is 10.8. The van der Waals surface area contributed by atoms with E-state index in [9.17, 15) is 4.79 Å². The Morgan fingerprint density at radius 3 is 2.50 bits per heavy atom. The maximum absolute atomic E-state index is 12.7. The van der Waals surface area contributed by atoms with Gasteiger partial charge in [-0.1, -0.05) is 66.2 Å². The fourth-order valence-electron chi connectivity index (χ4n) is 3.01. The van der Waals surface area contributed by atoms with Crippen LogP contribution >= 0.6 is 22.7 Å². The maximum Gasteiger partial charge on any atom is 0.226 e. The highest BCUT2D eigenvalue weighted by atomic mass is 32.1. The smallest absolute Gasteiger partial charge is 0.226 e. The summed E-state index contributed by atoms with van der Waals surface area (Å²) in [5.74, 6) is -0.0250. The third-order valence-corrected chi connectivity index (χ3v) is 6.34. The van der Waals surface area contributed by atoms with Crippen LogP contribution in [0.1, 0.15) is 27.7 Å². The number of thiophene rings is 1. The van der Waals surface area contributed by atoms with Crippen LogP contribution < -0.4 is 5.32 Å². The monoisotopic (exact) mass is 404 g/mol. The Morgan fingerprint density at radius 1 is 1.00 bits per heavy atom. The zero-order chi connectivity index (χ0) is 19.3. The highest BCUT2D eigenvalue weighted by molar-refractivity contribution is 7.13. The van der Waals surface area contributed by atoms with Gasteiger partial charge in [-0.2, -0.15) is 0 Å². The summed E-state index contributed by atoms with van der Waals surface area (Å²) in [7, 11) is 0. The van der Waals surface area contributed by atoms with Gasteiger partial charge in [0, 0.05) is 15.8 Å². The Kier molecular flexibility index (Phi) is 5.65. The molecule has 28 heavy (non-hydrogen) atoms. The van der Waals surface area contributed by atoms with Crippen LogP contribution in [0.4, 0.5) is 0 Å². The standard InChI is InChI=1S/C23H20N2OS2/c1-16-9-11-18(12-10-16)23-24-19(15-28-23)14-21(26)25-22(20-8-5-13-27-20)17-6-3-2-4-7-17/h2-13,15,22H,14H2,1H3,(H,25,26). The van der Waals surface area contributed by atoms with Gasteiger partial charge in [-0.05, 0) is 23.9 Å². The second kappa shape index (κ2) is 8.50. The highest BCUT2D eigenvalue weighted by Gasteiger charge is 2.18. The van der Waals surface area contributed by atoms with Crippen molar-refractivity contribution in [1.82, 2.24) is 10.3 Å². The lowest BCUT2D eigenvalue weighted by Gasteiger charge is -2.17. The van der Waals surface area contributed by atoms with Crippen molar-refractivity contribution in [3.8, 4) is 10.6 Å². The van der Waals surface area contributed by atoms with E-state index < -0.39 is 0 Å². The zero-order valence-electron chi connectivity index (χ0n) is 15.5. The lowest BCUT2D eigenvalue weighted by Crippen LogP contribution is -2.30. The maximum atomic E-state index is 12.7. The predicted octanol–water partition coefficient (Wildman–Crippen LogP) is 5.63. The van der Waals surface area contributed by atoms with E-state index in [4.69, 9.17) is 0 Å². The molecule has 140 valence electrons. The van der Waals surface area contributed by atoms with E-state index in [1.807, 2.05) is 47.2 Å². The number of benzene rings is 2. The van der Waals surface area contributed by atoms with Crippen molar-refractivity contribution in [1.29, 1.82) is 0 Å². The first-order valence-electron chi connectivity index (χ1n) is 9.08. The molecule has 0 fully saturated rings. The van der Waals surface area contributed by atoms with Gasteiger partial charge in [0.1, 0.15) is 5.01 Å². The molecular formula is C23H20N2OS2. The number of carbonyl (C=O) groups is 1. The summed E-state index contributed by atoms with van der Waals surface area (Å²) in [4.78, 5) is 18.5. The van der Waals surface area contributed by atoms with Crippen LogP contribution in [-0.2, 0) is 11.2 Å². The van der Waals surface area contributed by atoms with Crippen molar-refractivity contribution in [3.63, 3.8) is 0 Å². The Bertz CT molecular complexity index is 1040. The first-order chi connectivity index (χ1) is 13.7. The van der Waals surface area contributed by atoms with E-state index in [-0.39, 0.29) is 18.4 Å². The molecule has 0 aliphatic heterocycles. The highest BCUT2D eigenvalue weighted by Crippen LogP contribution is 2.27. The van der Waals surface area contributed by atoms with Crippen LogP contribution in [0.5, 0.6) is 0 Å². The van der Waals surface area contributed by atoms with E-state index in [0.717, 1.165) is 26.7 Å². The lowest BCUT2D eigenvalue weighted by molar-refractivity contribution is -0.120. The van der Waals surface area contributed by atoms with Gasteiger partial charge in [-0.3, -0.25) is 4.79 Å². The van der Waals surface area contributed by atoms with Crippen molar-refractivity contribution in [2.24, 2.45) is 0 Å². The summed E-state index contributed by atoms with van der Waals surface area (Å²) >= 11 is 3.22. The number of aryl methyl sites for hydroxylation is 1. The fourth-order valence-corrected chi connectivity index (χ4v) is 4.64. The van der Waals surface area contributed by atoms with E-state index >= 15 is 0 Å². The van der Waals surface area contributed by atoms with Crippen molar-refractivity contribution in [2.45, 2.75) is 19.4 Å². The lowest BCUT2D eigenvalue weighted by atomic mass is 10.1. The fraction of sp³-hybridized carbons (Fsp3) is 0.130. The number of rotatable bonds is 6. The molecule has 0 radical (unpaired) electrons. The first kappa shape index (κ1) is 18.6. The molecule has 0 spiro atoms. The molecule has 3 nitrogen and oxygen atoms in total. The molecule has 0 saturated heterocycles. The second-order valence-corrected chi connectivity index (χ2v) is 8.45. The molecule has 1 amide bonds. The molecule has 2 aromatic heterocycles. The molecule has 1 unspecified atom stereocenters. The van der Waals surface area contributed by atoms with Crippen LogP contribution in [0.2, 0.25) is 0 Å². The summed E-state index contributed by atoms with van der Waals surface area (Å²) in [6, 6.07) is 22.3.